The van der Waals surface area contributed by atoms with Gasteiger partial charge in [0.15, 0.2) is 0 Å². The zero-order valence-electron chi connectivity index (χ0n) is 10.9. The summed E-state index contributed by atoms with van der Waals surface area (Å²) in [5, 5.41) is 0. The van der Waals surface area contributed by atoms with Crippen LogP contribution in [0.15, 0.2) is 42.7 Å². The molecule has 102 valence electrons. The number of rotatable bonds is 2. The van der Waals surface area contributed by atoms with Crippen LogP contribution in [0.3, 0.4) is 0 Å². The highest BCUT2D eigenvalue weighted by atomic mass is 16.2. The molecule has 0 saturated carbocycles. The highest BCUT2D eigenvalue weighted by Crippen LogP contribution is 2.24. The second kappa shape index (κ2) is 4.24. The van der Waals surface area contributed by atoms with Crippen LogP contribution in [-0.2, 0) is 6.54 Å². The Hall–Kier alpha value is -3.02. The number of fused-ring (bicyclic) bond motifs is 2. The number of carbonyl (C=O) groups is 2. The summed E-state index contributed by atoms with van der Waals surface area (Å²) >= 11 is 0. The molecule has 1 aromatic carbocycles. The van der Waals surface area contributed by atoms with Crippen molar-refractivity contribution in [2.75, 3.05) is 0 Å². The summed E-state index contributed by atoms with van der Waals surface area (Å²) in [5.74, 6) is -0.00383. The quantitative estimate of drug-likeness (QED) is 0.724. The predicted molar refractivity (Wildman–Crippen MR) is 74.5 cm³/mol. The van der Waals surface area contributed by atoms with Gasteiger partial charge in [-0.25, -0.2) is 4.98 Å². The number of amides is 2. The third kappa shape index (κ3) is 1.73. The number of H-pyrrole nitrogens is 1. The van der Waals surface area contributed by atoms with E-state index in [9.17, 15) is 9.59 Å². The van der Waals surface area contributed by atoms with Gasteiger partial charge in [0.05, 0.1) is 34.9 Å². The van der Waals surface area contributed by atoms with Gasteiger partial charge in [0.25, 0.3) is 11.8 Å². The first-order valence-corrected chi connectivity index (χ1v) is 6.48. The van der Waals surface area contributed by atoms with Crippen molar-refractivity contribution < 1.29 is 9.59 Å². The van der Waals surface area contributed by atoms with Crippen molar-refractivity contribution in [2.45, 2.75) is 6.54 Å². The number of benzene rings is 1. The molecule has 21 heavy (non-hydrogen) atoms. The van der Waals surface area contributed by atoms with Gasteiger partial charge in [0.1, 0.15) is 5.82 Å². The fourth-order valence-corrected chi connectivity index (χ4v) is 2.52. The maximum atomic E-state index is 12.3. The smallest absolute Gasteiger partial charge is 0.261 e. The third-order valence-electron chi connectivity index (χ3n) is 3.52. The molecule has 4 rings (SSSR count). The number of nitrogens with zero attached hydrogens (tertiary/aromatic N) is 3. The van der Waals surface area contributed by atoms with Crippen LogP contribution in [0.2, 0.25) is 0 Å². The minimum absolute atomic E-state index is 0.126. The molecule has 3 aromatic rings. The van der Waals surface area contributed by atoms with E-state index < -0.39 is 0 Å². The maximum absolute atomic E-state index is 12.3. The molecular formula is C15H10N4O2. The zero-order valence-corrected chi connectivity index (χ0v) is 10.9. The Morgan fingerprint density at radius 3 is 2.43 bits per heavy atom. The number of imide groups is 1. The van der Waals surface area contributed by atoms with Gasteiger partial charge in [-0.05, 0) is 18.2 Å². The molecule has 0 radical (unpaired) electrons. The number of pyridine rings is 1. The molecule has 1 aliphatic heterocycles. The van der Waals surface area contributed by atoms with Crippen molar-refractivity contribution in [3.63, 3.8) is 0 Å². The Morgan fingerprint density at radius 2 is 1.76 bits per heavy atom. The Kier molecular flexibility index (Phi) is 2.38. The summed E-state index contributed by atoms with van der Waals surface area (Å²) in [6, 6.07) is 8.61. The van der Waals surface area contributed by atoms with Crippen molar-refractivity contribution >= 4 is 22.8 Å². The molecule has 1 N–H and O–H groups in total. The monoisotopic (exact) mass is 278 g/mol. The zero-order chi connectivity index (χ0) is 14.4. The highest BCUT2D eigenvalue weighted by molar-refractivity contribution is 6.21. The lowest BCUT2D eigenvalue weighted by Crippen LogP contribution is -2.29. The first kappa shape index (κ1) is 11.8. The molecule has 0 bridgehead atoms. The van der Waals surface area contributed by atoms with Crippen LogP contribution in [0.4, 0.5) is 0 Å². The summed E-state index contributed by atoms with van der Waals surface area (Å²) in [7, 11) is 0. The van der Waals surface area contributed by atoms with E-state index in [1.165, 1.54) is 4.90 Å². The van der Waals surface area contributed by atoms with E-state index in [1.807, 2.05) is 0 Å². The van der Waals surface area contributed by atoms with Crippen LogP contribution in [0.5, 0.6) is 0 Å². The van der Waals surface area contributed by atoms with Crippen LogP contribution in [0.1, 0.15) is 26.5 Å². The first-order valence-electron chi connectivity index (χ1n) is 6.48. The fourth-order valence-electron chi connectivity index (χ4n) is 2.52. The van der Waals surface area contributed by atoms with Gasteiger partial charge < -0.3 is 4.98 Å². The summed E-state index contributed by atoms with van der Waals surface area (Å²) in [6.45, 7) is 0.126. The van der Waals surface area contributed by atoms with Gasteiger partial charge in [-0.3, -0.25) is 19.5 Å². The number of aromatic nitrogens is 3. The molecule has 0 unspecified atom stereocenters. The van der Waals surface area contributed by atoms with E-state index in [-0.39, 0.29) is 18.4 Å². The van der Waals surface area contributed by atoms with Crippen LogP contribution < -0.4 is 0 Å². The Bertz CT molecular complexity index is 816. The molecule has 3 heterocycles. The molecule has 0 fully saturated rings. The maximum Gasteiger partial charge on any atom is 0.261 e. The van der Waals surface area contributed by atoms with E-state index in [0.717, 1.165) is 11.0 Å². The van der Waals surface area contributed by atoms with Crippen molar-refractivity contribution in [3.8, 4) is 0 Å². The van der Waals surface area contributed by atoms with Crippen LogP contribution in [0, 0.1) is 0 Å². The number of aromatic amines is 1. The van der Waals surface area contributed by atoms with Crippen LogP contribution in [-0.4, -0.2) is 31.7 Å². The van der Waals surface area contributed by atoms with E-state index in [2.05, 4.69) is 15.0 Å². The van der Waals surface area contributed by atoms with Gasteiger partial charge in [0.2, 0.25) is 0 Å². The van der Waals surface area contributed by atoms with Gasteiger partial charge in [0, 0.05) is 6.20 Å². The third-order valence-corrected chi connectivity index (χ3v) is 3.52. The average Bonchev–Trinajstić information content (AvgIpc) is 3.02. The molecule has 6 nitrogen and oxygen atoms in total. The van der Waals surface area contributed by atoms with Crippen LogP contribution >= 0.6 is 0 Å². The van der Waals surface area contributed by atoms with Gasteiger partial charge in [-0.2, -0.15) is 0 Å². The molecule has 0 spiro atoms. The molecule has 6 heteroatoms. The minimum atomic E-state index is -0.283. The van der Waals surface area contributed by atoms with E-state index in [0.29, 0.717) is 17.0 Å². The average molecular weight is 278 g/mol. The van der Waals surface area contributed by atoms with Crippen LogP contribution in [0.25, 0.3) is 11.0 Å². The Morgan fingerprint density at radius 1 is 1.05 bits per heavy atom. The van der Waals surface area contributed by atoms with Crippen molar-refractivity contribution in [2.24, 2.45) is 0 Å². The van der Waals surface area contributed by atoms with E-state index >= 15 is 0 Å². The Balaban J connectivity index is 1.69. The second-order valence-corrected chi connectivity index (χ2v) is 4.82. The lowest BCUT2D eigenvalue weighted by atomic mass is 10.1. The number of nitrogens with one attached hydrogen (secondary N) is 1. The van der Waals surface area contributed by atoms with E-state index in [1.54, 1.807) is 42.7 Å². The molecule has 1 aliphatic rings. The Labute approximate surface area is 119 Å². The lowest BCUT2D eigenvalue weighted by Gasteiger charge is -2.11. The van der Waals surface area contributed by atoms with Crippen molar-refractivity contribution in [1.29, 1.82) is 0 Å². The fraction of sp³-hybridized carbons (Fsp3) is 0.0667. The molecule has 2 amide bonds. The number of hydrogen-bond acceptors (Lipinski definition) is 4. The van der Waals surface area contributed by atoms with Gasteiger partial charge in [-0.15, -0.1) is 0 Å². The van der Waals surface area contributed by atoms with Crippen molar-refractivity contribution in [3.05, 3.63) is 59.7 Å². The summed E-state index contributed by atoms with van der Waals surface area (Å²) < 4.78 is 0. The standard InChI is InChI=1S/C15H10N4O2/c20-14-9-3-1-2-4-10(9)15(21)19(14)8-13-17-11-5-6-16-7-12(11)18-13/h1-7H,8H2,(H,17,18). The minimum Gasteiger partial charge on any atom is -0.339 e. The number of carbonyl (C=O) groups excluding carboxylic acids is 2. The lowest BCUT2D eigenvalue weighted by molar-refractivity contribution is 0.0638. The first-order chi connectivity index (χ1) is 10.2. The highest BCUT2D eigenvalue weighted by Gasteiger charge is 2.35. The van der Waals surface area contributed by atoms with E-state index in [4.69, 9.17) is 0 Å². The summed E-state index contributed by atoms with van der Waals surface area (Å²) in [4.78, 5) is 37.2. The van der Waals surface area contributed by atoms with Gasteiger partial charge in [-0.1, -0.05) is 12.1 Å². The van der Waals surface area contributed by atoms with Gasteiger partial charge >= 0.3 is 0 Å². The molecule has 0 atom stereocenters. The molecule has 0 aliphatic carbocycles. The van der Waals surface area contributed by atoms with Crippen molar-refractivity contribution in [1.82, 2.24) is 19.9 Å². The molecule has 0 saturated heterocycles. The number of hydrogen-bond donors (Lipinski definition) is 1. The largest absolute Gasteiger partial charge is 0.339 e. The topological polar surface area (TPSA) is 79.0 Å². The molecular weight excluding hydrogens is 268 g/mol. The molecule has 2 aromatic heterocycles. The number of imidazole rings is 1. The predicted octanol–water partition coefficient (Wildman–Crippen LogP) is 1.75. The second-order valence-electron chi connectivity index (χ2n) is 4.82. The summed E-state index contributed by atoms with van der Waals surface area (Å²) in [6.07, 6.45) is 3.31. The SMILES string of the molecule is O=C1c2ccccc2C(=O)N1Cc1nc2ccncc2[nH]1. The summed E-state index contributed by atoms with van der Waals surface area (Å²) in [5.41, 5.74) is 2.43. The normalized spacial score (nSPS) is 14.0.